The highest BCUT2D eigenvalue weighted by Gasteiger charge is 2.41. The van der Waals surface area contributed by atoms with Crippen molar-refractivity contribution in [2.45, 2.75) is 69.8 Å². The number of carbonyl (C=O) groups excluding carboxylic acids is 2. The van der Waals surface area contributed by atoms with E-state index in [-0.39, 0.29) is 24.4 Å². The first-order valence-electron chi connectivity index (χ1n) is 13.3. The summed E-state index contributed by atoms with van der Waals surface area (Å²) < 4.78 is 0. The Kier molecular flexibility index (Phi) is 9.65. The summed E-state index contributed by atoms with van der Waals surface area (Å²) in [7, 11) is 0. The second-order valence-electron chi connectivity index (χ2n) is 10.1. The molecule has 2 amide bonds. The second kappa shape index (κ2) is 13.1. The summed E-state index contributed by atoms with van der Waals surface area (Å²) in [5.41, 5.74) is 2.33. The smallest absolute Gasteiger partial charge is 0.261 e. The molecule has 0 aromatic heterocycles. The van der Waals surface area contributed by atoms with Crippen molar-refractivity contribution >= 4 is 29.7 Å². The molecule has 2 fully saturated rings. The van der Waals surface area contributed by atoms with E-state index in [1.165, 1.54) is 12.0 Å². The Labute approximate surface area is 220 Å². The highest BCUT2D eigenvalue weighted by Crippen LogP contribution is 2.42. The standard InChI is InChI=1S/C30H39N3O2S/c1-23(2)32(21-25-14-7-4-8-15-25)19-11-18-31-29(34)22-33-26-16-9-10-17-27(26)36-28(30(33)35)20-24-12-5-3-6-13-24/h3-8,12-15,20,23,26-27H,9-11,16-19,21-22H2,1-2H3,(H,31,34)/b28-20-. The molecule has 0 radical (unpaired) electrons. The number of thioether (sulfide) groups is 1. The Morgan fingerprint density at radius 1 is 1.08 bits per heavy atom. The lowest BCUT2D eigenvalue weighted by Gasteiger charge is -2.43. The number of rotatable bonds is 10. The molecule has 2 aromatic carbocycles. The molecule has 2 atom stereocenters. The van der Waals surface area contributed by atoms with Crippen LogP contribution in [0.1, 0.15) is 57.1 Å². The monoisotopic (exact) mass is 505 g/mol. The van der Waals surface area contributed by atoms with Crippen molar-refractivity contribution < 1.29 is 9.59 Å². The van der Waals surface area contributed by atoms with E-state index in [4.69, 9.17) is 0 Å². The van der Waals surface area contributed by atoms with Crippen molar-refractivity contribution in [1.82, 2.24) is 15.1 Å². The Morgan fingerprint density at radius 3 is 2.50 bits per heavy atom. The van der Waals surface area contributed by atoms with Gasteiger partial charge >= 0.3 is 0 Å². The largest absolute Gasteiger partial charge is 0.355 e. The topological polar surface area (TPSA) is 52.7 Å². The van der Waals surface area contributed by atoms with Crippen LogP contribution in [0.25, 0.3) is 6.08 Å². The van der Waals surface area contributed by atoms with Gasteiger partial charge in [0.2, 0.25) is 5.91 Å². The zero-order valence-electron chi connectivity index (χ0n) is 21.6. The number of carbonyl (C=O) groups is 2. The third-order valence-corrected chi connectivity index (χ3v) is 8.53. The first-order valence-corrected chi connectivity index (χ1v) is 14.2. The Bertz CT molecular complexity index is 1030. The van der Waals surface area contributed by atoms with Crippen molar-refractivity contribution in [1.29, 1.82) is 0 Å². The van der Waals surface area contributed by atoms with E-state index in [2.05, 4.69) is 48.3 Å². The van der Waals surface area contributed by atoms with Crippen molar-refractivity contribution in [2.75, 3.05) is 19.6 Å². The maximum atomic E-state index is 13.4. The van der Waals surface area contributed by atoms with Crippen LogP contribution in [0.15, 0.2) is 65.6 Å². The molecule has 0 spiro atoms. The Hall–Kier alpha value is -2.57. The third-order valence-electron chi connectivity index (χ3n) is 7.13. The van der Waals surface area contributed by atoms with Crippen LogP contribution in [0, 0.1) is 0 Å². The van der Waals surface area contributed by atoms with Crippen LogP contribution in [0.2, 0.25) is 0 Å². The molecule has 1 N–H and O–H groups in total. The number of benzene rings is 2. The molecule has 2 aliphatic rings. The van der Waals surface area contributed by atoms with E-state index in [9.17, 15) is 9.59 Å². The molecular weight excluding hydrogens is 466 g/mol. The molecule has 1 saturated carbocycles. The fraction of sp³-hybridized carbons (Fsp3) is 0.467. The molecule has 2 unspecified atom stereocenters. The summed E-state index contributed by atoms with van der Waals surface area (Å²) in [6, 6.07) is 21.1. The van der Waals surface area contributed by atoms with Crippen LogP contribution in [0.4, 0.5) is 0 Å². The lowest BCUT2D eigenvalue weighted by molar-refractivity contribution is -0.135. The van der Waals surface area contributed by atoms with Gasteiger partial charge in [-0.05, 0) is 50.3 Å². The van der Waals surface area contributed by atoms with Crippen molar-refractivity contribution in [3.05, 3.63) is 76.7 Å². The molecule has 2 aromatic rings. The molecule has 1 saturated heterocycles. The van der Waals surface area contributed by atoms with Gasteiger partial charge in [-0.2, -0.15) is 0 Å². The molecule has 5 nitrogen and oxygen atoms in total. The van der Waals surface area contributed by atoms with E-state index in [0.717, 1.165) is 49.2 Å². The first kappa shape index (κ1) is 26.5. The van der Waals surface area contributed by atoms with Crippen LogP contribution in [-0.4, -0.2) is 58.6 Å². The zero-order valence-corrected chi connectivity index (χ0v) is 22.4. The third kappa shape index (κ3) is 7.23. The molecule has 1 aliphatic heterocycles. The lowest BCUT2D eigenvalue weighted by atomic mass is 9.93. The summed E-state index contributed by atoms with van der Waals surface area (Å²) in [5.74, 6) is -0.0613. The highest BCUT2D eigenvalue weighted by molar-refractivity contribution is 8.04. The van der Waals surface area contributed by atoms with Gasteiger partial charge < -0.3 is 10.2 Å². The van der Waals surface area contributed by atoms with E-state index in [1.54, 1.807) is 11.8 Å². The SMILES string of the molecule is CC(C)N(CCCNC(=O)CN1C(=O)/C(=C/c2ccccc2)SC2CCCCC21)Cc1ccccc1. The zero-order chi connectivity index (χ0) is 25.3. The summed E-state index contributed by atoms with van der Waals surface area (Å²) in [6.07, 6.45) is 7.26. The summed E-state index contributed by atoms with van der Waals surface area (Å²) in [6.45, 7) is 7.01. The second-order valence-corrected chi connectivity index (χ2v) is 11.4. The Morgan fingerprint density at radius 2 is 1.78 bits per heavy atom. The molecule has 1 aliphatic carbocycles. The van der Waals surface area contributed by atoms with Gasteiger partial charge in [0.25, 0.3) is 5.91 Å². The number of fused-ring (bicyclic) bond motifs is 1. The average molecular weight is 506 g/mol. The van der Waals surface area contributed by atoms with Crippen molar-refractivity contribution in [3.63, 3.8) is 0 Å². The molecular formula is C30H39N3O2S. The quantitative estimate of drug-likeness (QED) is 0.350. The molecule has 36 heavy (non-hydrogen) atoms. The lowest BCUT2D eigenvalue weighted by Crippen LogP contribution is -2.54. The van der Waals surface area contributed by atoms with E-state index in [0.29, 0.717) is 17.8 Å². The number of nitrogens with one attached hydrogen (secondary N) is 1. The first-order chi connectivity index (χ1) is 17.5. The minimum absolute atomic E-state index is 0.00371. The van der Waals surface area contributed by atoms with Gasteiger partial charge in [-0.1, -0.05) is 73.5 Å². The van der Waals surface area contributed by atoms with Gasteiger partial charge in [0.05, 0.1) is 4.91 Å². The minimum atomic E-state index is -0.0576. The van der Waals surface area contributed by atoms with Crippen LogP contribution < -0.4 is 5.32 Å². The molecule has 192 valence electrons. The summed E-state index contributed by atoms with van der Waals surface area (Å²) in [4.78, 5) is 31.4. The van der Waals surface area contributed by atoms with Crippen molar-refractivity contribution in [3.8, 4) is 0 Å². The maximum Gasteiger partial charge on any atom is 0.261 e. The number of hydrogen-bond acceptors (Lipinski definition) is 4. The fourth-order valence-electron chi connectivity index (χ4n) is 5.12. The van der Waals surface area contributed by atoms with Crippen LogP contribution in [-0.2, 0) is 16.1 Å². The van der Waals surface area contributed by atoms with Gasteiger partial charge in [0.15, 0.2) is 0 Å². The molecule has 0 bridgehead atoms. The van der Waals surface area contributed by atoms with E-state index in [1.807, 2.05) is 47.4 Å². The number of hydrogen-bond donors (Lipinski definition) is 1. The van der Waals surface area contributed by atoms with Gasteiger partial charge in [0.1, 0.15) is 6.54 Å². The predicted molar refractivity (Wildman–Crippen MR) is 149 cm³/mol. The predicted octanol–water partition coefficient (Wildman–Crippen LogP) is 5.33. The van der Waals surface area contributed by atoms with Crippen LogP contribution in [0.5, 0.6) is 0 Å². The fourth-order valence-corrected chi connectivity index (χ4v) is 6.59. The van der Waals surface area contributed by atoms with Gasteiger partial charge in [-0.3, -0.25) is 14.5 Å². The van der Waals surface area contributed by atoms with Crippen molar-refractivity contribution in [2.24, 2.45) is 0 Å². The number of nitrogens with zero attached hydrogens (tertiary/aromatic N) is 2. The van der Waals surface area contributed by atoms with Gasteiger partial charge in [-0.15, -0.1) is 11.8 Å². The molecule has 1 heterocycles. The summed E-state index contributed by atoms with van der Waals surface area (Å²) in [5, 5.41) is 3.45. The summed E-state index contributed by atoms with van der Waals surface area (Å²) >= 11 is 1.71. The van der Waals surface area contributed by atoms with Crippen LogP contribution >= 0.6 is 11.8 Å². The van der Waals surface area contributed by atoms with Gasteiger partial charge in [-0.25, -0.2) is 0 Å². The number of amides is 2. The van der Waals surface area contributed by atoms with Crippen LogP contribution in [0.3, 0.4) is 0 Å². The molecule has 4 rings (SSSR count). The highest BCUT2D eigenvalue weighted by atomic mass is 32.2. The van der Waals surface area contributed by atoms with Gasteiger partial charge in [0, 0.05) is 37.0 Å². The average Bonchev–Trinajstić information content (AvgIpc) is 2.89. The maximum absolute atomic E-state index is 13.4. The van der Waals surface area contributed by atoms with E-state index < -0.39 is 0 Å². The molecule has 6 heteroatoms. The van der Waals surface area contributed by atoms with E-state index >= 15 is 0 Å². The Balaban J connectivity index is 1.32. The minimum Gasteiger partial charge on any atom is -0.355 e. The normalized spacial score (nSPS) is 21.2.